The summed E-state index contributed by atoms with van der Waals surface area (Å²) < 4.78 is 3.33. The number of ether oxygens (including phenoxy) is 1. The number of halogens is 3. The van der Waals surface area contributed by atoms with Gasteiger partial charge in [-0.3, -0.25) is 9.69 Å². The molecular weight excluding hydrogens is 379 g/mol. The van der Waals surface area contributed by atoms with Gasteiger partial charge >= 0.3 is 5.97 Å². The number of hydrogen-bond donors (Lipinski definition) is 1. The van der Waals surface area contributed by atoms with Crippen molar-refractivity contribution in [3.63, 3.8) is 0 Å². The number of alkyl halides is 3. The number of amides is 1. The molecule has 0 bridgehead atoms. The van der Waals surface area contributed by atoms with Gasteiger partial charge in [0.25, 0.3) is 0 Å². The van der Waals surface area contributed by atoms with Gasteiger partial charge in [0.05, 0.1) is 0 Å². The topological polar surface area (TPSA) is 72.6 Å². The van der Waals surface area contributed by atoms with Crippen molar-refractivity contribution in [1.82, 2.24) is 4.90 Å². The highest BCUT2D eigenvalue weighted by molar-refractivity contribution is 8.00. The lowest BCUT2D eigenvalue weighted by Crippen LogP contribution is -2.68. The van der Waals surface area contributed by atoms with Gasteiger partial charge in [0, 0.05) is 11.5 Å². The van der Waals surface area contributed by atoms with E-state index < -0.39 is 15.8 Å². The molecule has 0 spiro atoms. The minimum atomic E-state index is -1.69. The summed E-state index contributed by atoms with van der Waals surface area (Å²) in [6, 6.07) is -0.582. The van der Waals surface area contributed by atoms with Crippen LogP contribution in [0, 0.1) is 0 Å². The zero-order valence-corrected chi connectivity index (χ0v) is 14.9. The van der Waals surface area contributed by atoms with Crippen LogP contribution >= 0.6 is 58.3 Å². The second-order valence-corrected chi connectivity index (χ2v) is 9.00. The van der Waals surface area contributed by atoms with Crippen LogP contribution in [-0.2, 0) is 14.3 Å². The van der Waals surface area contributed by atoms with E-state index in [1.54, 1.807) is 23.5 Å². The Morgan fingerprint density at radius 1 is 1.57 bits per heavy atom. The molecule has 0 aromatic carbocycles. The van der Waals surface area contributed by atoms with Crippen LogP contribution in [0.3, 0.4) is 0 Å². The molecule has 0 aromatic heterocycles. The van der Waals surface area contributed by atoms with Crippen molar-refractivity contribution >= 4 is 70.2 Å². The summed E-state index contributed by atoms with van der Waals surface area (Å²) in [5.74, 6) is 0.306. The van der Waals surface area contributed by atoms with Crippen molar-refractivity contribution in [3.8, 4) is 0 Å². The van der Waals surface area contributed by atoms with Gasteiger partial charge in [-0.2, -0.15) is 11.8 Å². The Balaban J connectivity index is 2.21. The number of nitrogens with two attached hydrogens (primary N) is 1. The third kappa shape index (κ3) is 3.76. The van der Waals surface area contributed by atoms with Gasteiger partial charge in [-0.15, -0.1) is 11.8 Å². The molecule has 118 valence electrons. The van der Waals surface area contributed by atoms with Gasteiger partial charge < -0.3 is 10.5 Å². The van der Waals surface area contributed by atoms with Crippen LogP contribution in [0.5, 0.6) is 0 Å². The molecule has 2 atom stereocenters. The summed E-state index contributed by atoms with van der Waals surface area (Å²) >= 11 is 19.8. The zero-order chi connectivity index (χ0) is 15.8. The van der Waals surface area contributed by atoms with E-state index in [0.29, 0.717) is 11.5 Å². The Hall–Kier alpha value is 0.210. The summed E-state index contributed by atoms with van der Waals surface area (Å²) in [7, 11) is 0. The fourth-order valence-electron chi connectivity index (χ4n) is 2.07. The molecule has 0 unspecified atom stereocenters. The standard InChI is InChI=1S/C11H13Cl3N2O3S2/c1-20-2-5-3-21-9-6(15)8(17)16(9)7(5)10(18)19-4-11(12,13)14/h6,9H,2-4,15H2,1H3/t6-,9-/m1/s1. The van der Waals surface area contributed by atoms with Crippen LogP contribution in [0.15, 0.2) is 11.3 Å². The SMILES string of the molecule is CSCC1=C(C(=O)OCC(Cl)(Cl)Cl)N2C(=O)[C@@H](N)[C@H]2SC1. The Morgan fingerprint density at radius 3 is 2.81 bits per heavy atom. The number of nitrogens with zero attached hydrogens (tertiary/aromatic N) is 1. The van der Waals surface area contributed by atoms with Crippen LogP contribution in [0.2, 0.25) is 0 Å². The second kappa shape index (κ2) is 6.76. The van der Waals surface area contributed by atoms with Crippen molar-refractivity contribution in [2.45, 2.75) is 15.2 Å². The average Bonchev–Trinajstić information content (AvgIpc) is 2.43. The monoisotopic (exact) mass is 390 g/mol. The van der Waals surface area contributed by atoms with Crippen LogP contribution < -0.4 is 5.73 Å². The average molecular weight is 392 g/mol. The molecular formula is C11H13Cl3N2O3S2. The van der Waals surface area contributed by atoms with E-state index in [2.05, 4.69) is 0 Å². The highest BCUT2D eigenvalue weighted by Crippen LogP contribution is 2.40. The van der Waals surface area contributed by atoms with Crippen molar-refractivity contribution in [3.05, 3.63) is 11.3 Å². The highest BCUT2D eigenvalue weighted by Gasteiger charge is 2.52. The lowest BCUT2D eigenvalue weighted by molar-refractivity contribution is -0.150. The smallest absolute Gasteiger partial charge is 0.355 e. The Kier molecular flexibility index (Phi) is 5.66. The molecule has 2 heterocycles. The second-order valence-electron chi connectivity index (χ2n) is 4.51. The maximum Gasteiger partial charge on any atom is 0.355 e. The fraction of sp³-hybridized carbons (Fsp3) is 0.636. The molecule has 0 aromatic rings. The predicted octanol–water partition coefficient (Wildman–Crippen LogP) is 1.76. The summed E-state index contributed by atoms with van der Waals surface area (Å²) in [5.41, 5.74) is 6.82. The van der Waals surface area contributed by atoms with E-state index in [1.807, 2.05) is 6.26 Å². The van der Waals surface area contributed by atoms with E-state index in [9.17, 15) is 9.59 Å². The molecule has 2 aliphatic rings. The number of hydrogen-bond acceptors (Lipinski definition) is 6. The van der Waals surface area contributed by atoms with Crippen LogP contribution in [-0.4, -0.2) is 56.4 Å². The Bertz CT molecular complexity index is 496. The number of thioether (sulfide) groups is 2. The van der Waals surface area contributed by atoms with Crippen LogP contribution in [0.1, 0.15) is 0 Å². The molecule has 0 radical (unpaired) electrons. The van der Waals surface area contributed by atoms with Crippen molar-refractivity contribution in [2.24, 2.45) is 5.73 Å². The number of carbonyl (C=O) groups is 2. The van der Waals surface area contributed by atoms with E-state index in [4.69, 9.17) is 45.3 Å². The summed E-state index contributed by atoms with van der Waals surface area (Å²) in [5, 5.41) is -0.224. The molecule has 10 heteroatoms. The van der Waals surface area contributed by atoms with Gasteiger partial charge in [-0.05, 0) is 11.8 Å². The maximum atomic E-state index is 12.3. The Morgan fingerprint density at radius 2 is 2.24 bits per heavy atom. The molecule has 0 aliphatic carbocycles. The number of β-lactam (4-membered cyclic amide) rings is 1. The van der Waals surface area contributed by atoms with Gasteiger partial charge in [-0.1, -0.05) is 34.8 Å². The molecule has 1 fully saturated rings. The number of esters is 1. The first-order valence-electron chi connectivity index (χ1n) is 5.91. The third-order valence-electron chi connectivity index (χ3n) is 2.97. The van der Waals surface area contributed by atoms with Gasteiger partial charge in [0.2, 0.25) is 9.70 Å². The fourth-order valence-corrected chi connectivity index (χ4v) is 4.24. The quantitative estimate of drug-likeness (QED) is 0.447. The lowest BCUT2D eigenvalue weighted by atomic mass is 10.0. The Labute approximate surface area is 145 Å². The molecule has 0 saturated carbocycles. The van der Waals surface area contributed by atoms with Crippen LogP contribution in [0.25, 0.3) is 0 Å². The third-order valence-corrected chi connectivity index (χ3v) is 5.29. The largest absolute Gasteiger partial charge is 0.456 e. The first kappa shape index (κ1) is 17.6. The molecule has 1 saturated heterocycles. The normalized spacial score (nSPS) is 25.6. The predicted molar refractivity (Wildman–Crippen MR) is 87.7 cm³/mol. The first-order chi connectivity index (χ1) is 9.76. The molecule has 21 heavy (non-hydrogen) atoms. The van der Waals surface area contributed by atoms with Crippen molar-refractivity contribution < 1.29 is 14.3 Å². The summed E-state index contributed by atoms with van der Waals surface area (Å²) in [6.45, 7) is -0.377. The minimum Gasteiger partial charge on any atom is -0.456 e. The summed E-state index contributed by atoms with van der Waals surface area (Å²) in [6.07, 6.45) is 1.91. The lowest BCUT2D eigenvalue weighted by Gasteiger charge is -2.48. The van der Waals surface area contributed by atoms with Crippen LogP contribution in [0.4, 0.5) is 0 Å². The van der Waals surface area contributed by atoms with E-state index in [0.717, 1.165) is 5.57 Å². The van der Waals surface area contributed by atoms with Crippen molar-refractivity contribution in [1.29, 1.82) is 0 Å². The zero-order valence-electron chi connectivity index (χ0n) is 11.0. The van der Waals surface area contributed by atoms with E-state index >= 15 is 0 Å². The molecule has 1 amide bonds. The number of carbonyl (C=O) groups excluding carboxylic acids is 2. The molecule has 2 rings (SSSR count). The number of rotatable bonds is 4. The molecule has 5 nitrogen and oxygen atoms in total. The van der Waals surface area contributed by atoms with Gasteiger partial charge in [0.1, 0.15) is 23.7 Å². The highest BCUT2D eigenvalue weighted by atomic mass is 35.6. The summed E-state index contributed by atoms with van der Waals surface area (Å²) in [4.78, 5) is 25.6. The van der Waals surface area contributed by atoms with Gasteiger partial charge in [-0.25, -0.2) is 4.79 Å². The van der Waals surface area contributed by atoms with Gasteiger partial charge in [0.15, 0.2) is 0 Å². The molecule has 2 N–H and O–H groups in total. The first-order valence-corrected chi connectivity index (χ1v) is 9.49. The maximum absolute atomic E-state index is 12.3. The number of fused-ring (bicyclic) bond motifs is 1. The minimum absolute atomic E-state index is 0.224. The molecule has 2 aliphatic heterocycles. The van der Waals surface area contributed by atoms with E-state index in [-0.39, 0.29) is 23.6 Å². The van der Waals surface area contributed by atoms with Crippen molar-refractivity contribution in [2.75, 3.05) is 24.4 Å². The van der Waals surface area contributed by atoms with E-state index in [1.165, 1.54) is 4.90 Å².